The van der Waals surface area contributed by atoms with Gasteiger partial charge in [-0.3, -0.25) is 4.68 Å². The Morgan fingerprint density at radius 3 is 2.42 bits per heavy atom. The average molecular weight is 168 g/mol. The van der Waals surface area contributed by atoms with Crippen molar-refractivity contribution in [2.24, 2.45) is 7.05 Å². The summed E-state index contributed by atoms with van der Waals surface area (Å²) in [6.07, 6.45) is 1.03. The van der Waals surface area contributed by atoms with Crippen molar-refractivity contribution in [2.75, 3.05) is 5.73 Å². The fraction of sp³-hybridized carbons (Fsp3) is 0.750. The molecule has 1 aromatic rings. The minimum Gasteiger partial charge on any atom is -0.366 e. The third-order valence-corrected chi connectivity index (χ3v) is 2.27. The van der Waals surface area contributed by atoms with Crippen LogP contribution in [0, 0.1) is 0 Å². The number of nitrogens with two attached hydrogens (primary N) is 1. The summed E-state index contributed by atoms with van der Waals surface area (Å²) in [4.78, 5) is 4.18. The second kappa shape index (κ2) is 2.77. The molecule has 0 aliphatic heterocycles. The van der Waals surface area contributed by atoms with Gasteiger partial charge in [0.05, 0.1) is 0 Å². The molecule has 12 heavy (non-hydrogen) atoms. The Balaban J connectivity index is 3.09. The number of hydrogen-bond donors (Lipinski definition) is 1. The SMILES string of the molecule is CCC(C)(C)c1nc(N)nn1C. The summed E-state index contributed by atoms with van der Waals surface area (Å²) >= 11 is 0. The molecule has 0 atom stereocenters. The highest BCUT2D eigenvalue weighted by Crippen LogP contribution is 2.24. The van der Waals surface area contributed by atoms with Gasteiger partial charge in [-0.25, -0.2) is 0 Å². The molecule has 1 rings (SSSR count). The largest absolute Gasteiger partial charge is 0.366 e. The van der Waals surface area contributed by atoms with E-state index in [9.17, 15) is 0 Å². The van der Waals surface area contributed by atoms with Crippen molar-refractivity contribution in [3.8, 4) is 0 Å². The molecule has 2 N–H and O–H groups in total. The standard InChI is InChI=1S/C8H16N4/c1-5-8(2,3)6-10-7(9)11-12(6)4/h5H2,1-4H3,(H2,9,11). The van der Waals surface area contributed by atoms with E-state index in [0.29, 0.717) is 5.95 Å². The normalized spacial score (nSPS) is 12.0. The Hall–Kier alpha value is -1.06. The van der Waals surface area contributed by atoms with Crippen LogP contribution < -0.4 is 5.73 Å². The number of nitrogens with zero attached hydrogens (tertiary/aromatic N) is 3. The third kappa shape index (κ3) is 1.42. The molecule has 0 aliphatic rings. The lowest BCUT2D eigenvalue weighted by Crippen LogP contribution is -2.21. The third-order valence-electron chi connectivity index (χ3n) is 2.27. The molecule has 68 valence electrons. The van der Waals surface area contributed by atoms with Crippen molar-refractivity contribution in [3.63, 3.8) is 0 Å². The van der Waals surface area contributed by atoms with Gasteiger partial charge in [-0.05, 0) is 6.42 Å². The summed E-state index contributed by atoms with van der Waals surface area (Å²) in [5, 5.41) is 4.01. The molecule has 4 nitrogen and oxygen atoms in total. The van der Waals surface area contributed by atoms with E-state index in [1.54, 1.807) is 4.68 Å². The number of aromatic nitrogens is 3. The van der Waals surface area contributed by atoms with Gasteiger partial charge in [0.25, 0.3) is 0 Å². The van der Waals surface area contributed by atoms with Gasteiger partial charge < -0.3 is 5.73 Å². The van der Waals surface area contributed by atoms with Crippen LogP contribution in [0.3, 0.4) is 0 Å². The van der Waals surface area contributed by atoms with Gasteiger partial charge in [0, 0.05) is 12.5 Å². The molecule has 0 radical (unpaired) electrons. The summed E-state index contributed by atoms with van der Waals surface area (Å²) in [6, 6.07) is 0. The molecule has 0 saturated heterocycles. The Morgan fingerprint density at radius 1 is 1.50 bits per heavy atom. The molecule has 0 saturated carbocycles. The van der Waals surface area contributed by atoms with Crippen molar-refractivity contribution in [1.82, 2.24) is 14.8 Å². The molecule has 0 unspecified atom stereocenters. The average Bonchev–Trinajstić information content (AvgIpc) is 2.31. The Kier molecular flexibility index (Phi) is 2.08. The molecule has 0 fully saturated rings. The molecule has 0 spiro atoms. The first-order valence-electron chi connectivity index (χ1n) is 4.14. The van der Waals surface area contributed by atoms with Gasteiger partial charge in [-0.2, -0.15) is 4.98 Å². The van der Waals surface area contributed by atoms with E-state index in [1.807, 2.05) is 7.05 Å². The second-order valence-corrected chi connectivity index (χ2v) is 3.65. The van der Waals surface area contributed by atoms with Crippen LogP contribution in [0.1, 0.15) is 33.0 Å². The lowest BCUT2D eigenvalue weighted by Gasteiger charge is -2.20. The van der Waals surface area contributed by atoms with Crippen LogP contribution in [0.15, 0.2) is 0 Å². The van der Waals surface area contributed by atoms with Gasteiger partial charge in [-0.15, -0.1) is 5.10 Å². The predicted octanol–water partition coefficient (Wildman–Crippen LogP) is 1.08. The van der Waals surface area contributed by atoms with E-state index in [0.717, 1.165) is 12.2 Å². The van der Waals surface area contributed by atoms with Gasteiger partial charge in [0.2, 0.25) is 5.95 Å². The zero-order valence-corrected chi connectivity index (χ0v) is 8.13. The lowest BCUT2D eigenvalue weighted by atomic mass is 9.89. The second-order valence-electron chi connectivity index (χ2n) is 3.65. The maximum atomic E-state index is 5.49. The van der Waals surface area contributed by atoms with Crippen molar-refractivity contribution >= 4 is 5.95 Å². The van der Waals surface area contributed by atoms with Gasteiger partial charge in [-0.1, -0.05) is 20.8 Å². The Morgan fingerprint density at radius 2 is 2.08 bits per heavy atom. The van der Waals surface area contributed by atoms with Crippen LogP contribution in [-0.4, -0.2) is 14.8 Å². The minimum absolute atomic E-state index is 0.0549. The molecule has 0 aromatic carbocycles. The van der Waals surface area contributed by atoms with Crippen LogP contribution in [0.4, 0.5) is 5.95 Å². The Bertz CT molecular complexity index is 275. The van der Waals surface area contributed by atoms with Crippen LogP contribution in [0.2, 0.25) is 0 Å². The first kappa shape index (κ1) is 9.03. The van der Waals surface area contributed by atoms with Crippen LogP contribution >= 0.6 is 0 Å². The zero-order chi connectivity index (χ0) is 9.35. The number of nitrogen functional groups attached to an aromatic ring is 1. The first-order chi connectivity index (χ1) is 5.47. The maximum Gasteiger partial charge on any atom is 0.239 e. The zero-order valence-electron chi connectivity index (χ0n) is 8.13. The molecule has 1 aromatic heterocycles. The Labute approximate surface area is 72.8 Å². The van der Waals surface area contributed by atoms with Crippen molar-refractivity contribution < 1.29 is 0 Å². The molecular weight excluding hydrogens is 152 g/mol. The molecule has 1 heterocycles. The van der Waals surface area contributed by atoms with E-state index >= 15 is 0 Å². The van der Waals surface area contributed by atoms with E-state index in [1.165, 1.54) is 0 Å². The number of aryl methyl sites for hydroxylation is 1. The minimum atomic E-state index is 0.0549. The van der Waals surface area contributed by atoms with Crippen LogP contribution in [0.5, 0.6) is 0 Å². The highest BCUT2D eigenvalue weighted by Gasteiger charge is 2.24. The molecular formula is C8H16N4. The summed E-state index contributed by atoms with van der Waals surface area (Å²) in [7, 11) is 1.87. The van der Waals surface area contributed by atoms with E-state index in [-0.39, 0.29) is 5.41 Å². The van der Waals surface area contributed by atoms with E-state index < -0.39 is 0 Å². The van der Waals surface area contributed by atoms with E-state index in [4.69, 9.17) is 5.73 Å². The van der Waals surface area contributed by atoms with Crippen LogP contribution in [0.25, 0.3) is 0 Å². The number of anilines is 1. The van der Waals surface area contributed by atoms with Crippen molar-refractivity contribution in [3.05, 3.63) is 5.82 Å². The quantitative estimate of drug-likeness (QED) is 0.719. The van der Waals surface area contributed by atoms with Crippen LogP contribution in [-0.2, 0) is 12.5 Å². The topological polar surface area (TPSA) is 56.7 Å². The van der Waals surface area contributed by atoms with Gasteiger partial charge in [0.15, 0.2) is 0 Å². The fourth-order valence-corrected chi connectivity index (χ4v) is 1.15. The van der Waals surface area contributed by atoms with E-state index in [2.05, 4.69) is 30.9 Å². The number of hydrogen-bond acceptors (Lipinski definition) is 3. The van der Waals surface area contributed by atoms with Gasteiger partial charge >= 0.3 is 0 Å². The molecule has 0 aliphatic carbocycles. The molecule has 0 bridgehead atoms. The monoisotopic (exact) mass is 168 g/mol. The predicted molar refractivity (Wildman–Crippen MR) is 48.7 cm³/mol. The highest BCUT2D eigenvalue weighted by atomic mass is 15.4. The van der Waals surface area contributed by atoms with Crippen molar-refractivity contribution in [1.29, 1.82) is 0 Å². The molecule has 0 amide bonds. The lowest BCUT2D eigenvalue weighted by molar-refractivity contribution is 0.447. The van der Waals surface area contributed by atoms with Crippen molar-refractivity contribution in [2.45, 2.75) is 32.6 Å². The smallest absolute Gasteiger partial charge is 0.239 e. The highest BCUT2D eigenvalue weighted by molar-refractivity contribution is 5.17. The van der Waals surface area contributed by atoms with Gasteiger partial charge in [0.1, 0.15) is 5.82 Å². The summed E-state index contributed by atoms with van der Waals surface area (Å²) in [5.41, 5.74) is 5.54. The summed E-state index contributed by atoms with van der Waals surface area (Å²) in [6.45, 7) is 6.40. The fourth-order valence-electron chi connectivity index (χ4n) is 1.15. The molecule has 4 heteroatoms. The first-order valence-corrected chi connectivity index (χ1v) is 4.14. The maximum absolute atomic E-state index is 5.49. The number of rotatable bonds is 2. The summed E-state index contributed by atoms with van der Waals surface area (Å²) in [5.74, 6) is 1.30. The summed E-state index contributed by atoms with van der Waals surface area (Å²) < 4.78 is 1.75.